The summed E-state index contributed by atoms with van der Waals surface area (Å²) in [5, 5.41) is 6.32. The number of para-hydroxylation sites is 1. The highest BCUT2D eigenvalue weighted by Crippen LogP contribution is 2.20. The van der Waals surface area contributed by atoms with Crippen molar-refractivity contribution in [3.05, 3.63) is 95.6 Å². The van der Waals surface area contributed by atoms with Crippen LogP contribution < -0.4 is 10.6 Å². The zero-order valence-electron chi connectivity index (χ0n) is 19.3. The van der Waals surface area contributed by atoms with E-state index in [1.807, 2.05) is 87.5 Å². The minimum Gasteiger partial charge on any atom is -0.322 e. The topological polar surface area (TPSA) is 78.5 Å². The first-order valence-corrected chi connectivity index (χ1v) is 12.6. The first-order chi connectivity index (χ1) is 15.8. The van der Waals surface area contributed by atoms with Crippen molar-refractivity contribution in [3.63, 3.8) is 0 Å². The Morgan fingerprint density at radius 1 is 0.879 bits per heavy atom. The molecular weight excluding hydrogens is 434 g/mol. The Labute approximate surface area is 196 Å². The molecule has 1 atom stereocenters. The van der Waals surface area contributed by atoms with Crippen LogP contribution in [0.5, 0.6) is 0 Å². The van der Waals surface area contributed by atoms with Gasteiger partial charge < -0.3 is 10.6 Å². The fraction of sp³-hybridized carbons (Fsp3) is 0.269. The summed E-state index contributed by atoms with van der Waals surface area (Å²) in [6.07, 6.45) is 0. The minimum atomic E-state index is -3.45. The second-order valence-corrected chi connectivity index (χ2v) is 9.72. The maximum absolute atomic E-state index is 12.6. The normalized spacial score (nSPS) is 12.5. The summed E-state index contributed by atoms with van der Waals surface area (Å²) in [6.45, 7) is 7.24. The lowest BCUT2D eigenvalue weighted by Gasteiger charge is -2.19. The zero-order chi connectivity index (χ0) is 23.8. The number of nitrogens with one attached hydrogen (secondary N) is 2. The summed E-state index contributed by atoms with van der Waals surface area (Å²) in [4.78, 5) is 12.7. The Balaban J connectivity index is 1.57. The predicted molar refractivity (Wildman–Crippen MR) is 133 cm³/mol. The van der Waals surface area contributed by atoms with E-state index < -0.39 is 10.0 Å². The van der Waals surface area contributed by atoms with Crippen LogP contribution in [0.2, 0.25) is 0 Å². The van der Waals surface area contributed by atoms with Gasteiger partial charge in [0.25, 0.3) is 5.91 Å². The molecule has 33 heavy (non-hydrogen) atoms. The molecule has 0 fully saturated rings. The van der Waals surface area contributed by atoms with Gasteiger partial charge in [-0.15, -0.1) is 0 Å². The van der Waals surface area contributed by atoms with Gasteiger partial charge in [0.2, 0.25) is 10.0 Å². The molecule has 0 saturated carbocycles. The Bertz CT molecular complexity index is 1140. The van der Waals surface area contributed by atoms with Crippen LogP contribution in [0.15, 0.2) is 83.8 Å². The molecule has 1 amide bonds. The number of carbonyl (C=O) groups is 1. The quantitative estimate of drug-likeness (QED) is 0.450. The van der Waals surface area contributed by atoms with Crippen molar-refractivity contribution in [1.82, 2.24) is 9.62 Å². The Morgan fingerprint density at radius 2 is 1.48 bits per heavy atom. The molecule has 6 nitrogen and oxygen atoms in total. The molecule has 0 aliphatic heterocycles. The third-order valence-electron chi connectivity index (χ3n) is 5.58. The van der Waals surface area contributed by atoms with E-state index in [1.165, 1.54) is 4.31 Å². The summed E-state index contributed by atoms with van der Waals surface area (Å²) in [5.74, 6) is -0.145. The summed E-state index contributed by atoms with van der Waals surface area (Å²) < 4.78 is 26.7. The molecule has 0 bridgehead atoms. The van der Waals surface area contributed by atoms with Crippen LogP contribution in [0.4, 0.5) is 5.69 Å². The van der Waals surface area contributed by atoms with Crippen molar-refractivity contribution >= 4 is 21.6 Å². The van der Waals surface area contributed by atoms with Gasteiger partial charge in [0.1, 0.15) is 0 Å². The molecule has 0 aromatic heterocycles. The highest BCUT2D eigenvalue weighted by Gasteiger charge is 2.21. The van der Waals surface area contributed by atoms with Crippen molar-refractivity contribution < 1.29 is 13.2 Å². The van der Waals surface area contributed by atoms with Crippen molar-refractivity contribution in [2.75, 3.05) is 18.4 Å². The van der Waals surface area contributed by atoms with E-state index in [0.717, 1.165) is 16.8 Å². The van der Waals surface area contributed by atoms with E-state index in [4.69, 9.17) is 0 Å². The molecule has 0 saturated heterocycles. The highest BCUT2D eigenvalue weighted by atomic mass is 32.2. The van der Waals surface area contributed by atoms with Crippen LogP contribution in [-0.2, 0) is 16.6 Å². The third kappa shape index (κ3) is 6.28. The number of benzene rings is 3. The van der Waals surface area contributed by atoms with Gasteiger partial charge in [-0.1, -0.05) is 56.3 Å². The second-order valence-electron chi connectivity index (χ2n) is 7.78. The van der Waals surface area contributed by atoms with Crippen LogP contribution >= 0.6 is 0 Å². The summed E-state index contributed by atoms with van der Waals surface area (Å²) >= 11 is 0. The van der Waals surface area contributed by atoms with Gasteiger partial charge in [-0.3, -0.25) is 4.79 Å². The fourth-order valence-corrected chi connectivity index (χ4v) is 4.99. The molecule has 3 aromatic carbocycles. The standard InChI is InChI=1S/C26H31N3O3S/c1-4-29(5-2)33(31,32)25-17-15-22(16-18-25)20(3)27-19-21-11-13-23(14-12-21)26(30)28-24-9-7-6-8-10-24/h6-18,20,27H,4-5,19H2,1-3H3,(H,28,30)/t20-/m0/s1. The smallest absolute Gasteiger partial charge is 0.255 e. The van der Waals surface area contributed by atoms with E-state index >= 15 is 0 Å². The van der Waals surface area contributed by atoms with Gasteiger partial charge in [-0.25, -0.2) is 8.42 Å². The molecule has 0 aliphatic rings. The average Bonchev–Trinajstić information content (AvgIpc) is 2.84. The Kier molecular flexibility index (Phi) is 8.38. The Hall–Kier alpha value is -3.00. The molecule has 174 valence electrons. The molecule has 0 spiro atoms. The lowest BCUT2D eigenvalue weighted by Crippen LogP contribution is -2.30. The SMILES string of the molecule is CCN(CC)S(=O)(=O)c1ccc([C@H](C)NCc2ccc(C(=O)Nc3ccccc3)cc2)cc1. The number of carbonyl (C=O) groups excluding carboxylic acids is 1. The van der Waals surface area contributed by atoms with Crippen molar-refractivity contribution in [2.24, 2.45) is 0 Å². The zero-order valence-corrected chi connectivity index (χ0v) is 20.1. The van der Waals surface area contributed by atoms with Crippen molar-refractivity contribution in [3.8, 4) is 0 Å². The molecule has 7 heteroatoms. The van der Waals surface area contributed by atoms with Crippen LogP contribution in [0.3, 0.4) is 0 Å². The van der Waals surface area contributed by atoms with E-state index in [9.17, 15) is 13.2 Å². The molecule has 3 aromatic rings. The van der Waals surface area contributed by atoms with Crippen molar-refractivity contribution in [1.29, 1.82) is 0 Å². The van der Waals surface area contributed by atoms with Crippen LogP contribution in [0.1, 0.15) is 48.3 Å². The number of rotatable bonds is 10. The monoisotopic (exact) mass is 465 g/mol. The van der Waals surface area contributed by atoms with Gasteiger partial charge in [0.15, 0.2) is 0 Å². The molecule has 0 aliphatic carbocycles. The lowest BCUT2D eigenvalue weighted by molar-refractivity contribution is 0.102. The maximum atomic E-state index is 12.6. The van der Waals surface area contributed by atoms with E-state index in [2.05, 4.69) is 10.6 Å². The number of sulfonamides is 1. The summed E-state index contributed by atoms with van der Waals surface area (Å²) in [7, 11) is -3.45. The first kappa shape index (κ1) is 24.6. The Morgan fingerprint density at radius 3 is 2.06 bits per heavy atom. The van der Waals surface area contributed by atoms with Gasteiger partial charge in [-0.2, -0.15) is 4.31 Å². The number of anilines is 1. The van der Waals surface area contributed by atoms with Gasteiger partial charge in [-0.05, 0) is 54.4 Å². The minimum absolute atomic E-state index is 0.0382. The number of hydrogen-bond acceptors (Lipinski definition) is 4. The average molecular weight is 466 g/mol. The van der Waals surface area contributed by atoms with Crippen LogP contribution in [0.25, 0.3) is 0 Å². The molecule has 0 unspecified atom stereocenters. The molecule has 2 N–H and O–H groups in total. The first-order valence-electron chi connectivity index (χ1n) is 11.1. The summed E-state index contributed by atoms with van der Waals surface area (Å²) in [5.41, 5.74) is 3.42. The number of nitrogens with zero attached hydrogens (tertiary/aromatic N) is 1. The molecule has 3 rings (SSSR count). The van der Waals surface area contributed by atoms with Gasteiger partial charge >= 0.3 is 0 Å². The summed E-state index contributed by atoms with van der Waals surface area (Å²) in [6, 6.07) is 23.9. The molecular formula is C26H31N3O3S. The lowest BCUT2D eigenvalue weighted by atomic mass is 10.1. The predicted octanol–water partition coefficient (Wildman–Crippen LogP) is 4.82. The molecule has 0 heterocycles. The third-order valence-corrected chi connectivity index (χ3v) is 7.65. The van der Waals surface area contributed by atoms with E-state index in [1.54, 1.807) is 12.1 Å². The largest absolute Gasteiger partial charge is 0.322 e. The maximum Gasteiger partial charge on any atom is 0.255 e. The van der Waals surface area contributed by atoms with Gasteiger partial charge in [0, 0.05) is 36.9 Å². The van der Waals surface area contributed by atoms with E-state index in [-0.39, 0.29) is 11.9 Å². The number of hydrogen-bond donors (Lipinski definition) is 2. The van der Waals surface area contributed by atoms with Crippen LogP contribution in [0, 0.1) is 0 Å². The molecule has 0 radical (unpaired) electrons. The van der Waals surface area contributed by atoms with Gasteiger partial charge in [0.05, 0.1) is 4.90 Å². The van der Waals surface area contributed by atoms with E-state index in [0.29, 0.717) is 30.1 Å². The highest BCUT2D eigenvalue weighted by molar-refractivity contribution is 7.89. The number of amides is 1. The fourth-order valence-electron chi connectivity index (χ4n) is 3.53. The second kappa shape index (κ2) is 11.2. The van der Waals surface area contributed by atoms with Crippen LogP contribution in [-0.4, -0.2) is 31.7 Å². The van der Waals surface area contributed by atoms with Crippen molar-refractivity contribution in [2.45, 2.75) is 38.3 Å².